The van der Waals surface area contributed by atoms with Gasteiger partial charge in [-0.3, -0.25) is 9.48 Å². The van der Waals surface area contributed by atoms with Crippen molar-refractivity contribution >= 4 is 11.9 Å². The Labute approximate surface area is 145 Å². The van der Waals surface area contributed by atoms with Crippen LogP contribution < -0.4 is 11.1 Å². The van der Waals surface area contributed by atoms with Gasteiger partial charge >= 0.3 is 6.03 Å². The van der Waals surface area contributed by atoms with Crippen LogP contribution in [0, 0.1) is 0 Å². The average molecular weight is 346 g/mol. The van der Waals surface area contributed by atoms with Gasteiger partial charge < -0.3 is 20.5 Å². The highest BCUT2D eigenvalue weighted by Crippen LogP contribution is 2.25. The van der Waals surface area contributed by atoms with Crippen molar-refractivity contribution in [3.8, 4) is 0 Å². The number of primary amides is 1. The Morgan fingerprint density at radius 2 is 2.24 bits per heavy atom. The molecule has 1 atom stereocenters. The van der Waals surface area contributed by atoms with Gasteiger partial charge in [0.25, 0.3) is 0 Å². The van der Waals surface area contributed by atoms with Crippen molar-refractivity contribution in [2.24, 2.45) is 12.8 Å². The Balaban J connectivity index is 1.66. The zero-order chi connectivity index (χ0) is 17.8. The molecule has 1 aliphatic heterocycles. The summed E-state index contributed by atoms with van der Waals surface area (Å²) < 4.78 is 3.77. The van der Waals surface area contributed by atoms with Crippen LogP contribution in [-0.4, -0.2) is 61.0 Å². The molecule has 0 bridgehead atoms. The molecule has 134 valence electrons. The molecule has 0 unspecified atom stereocenters. The second-order valence-corrected chi connectivity index (χ2v) is 6.13. The van der Waals surface area contributed by atoms with Crippen LogP contribution in [-0.2, 0) is 18.4 Å². The fourth-order valence-corrected chi connectivity index (χ4v) is 3.10. The lowest BCUT2D eigenvalue weighted by Crippen LogP contribution is -2.45. The minimum atomic E-state index is -0.696. The SMILES string of the molecule is Cn1c(Cn2cccn2)nnc1[C@H]1CCCN(C(=O)CNC(N)=O)C1. The molecule has 2 aromatic heterocycles. The standard InChI is InChI=1S/C15H22N8O2/c1-21-12(10-23-7-3-5-18-23)19-20-14(21)11-4-2-6-22(9-11)13(24)8-17-15(16)25/h3,5,7,11H,2,4,6,8-10H2,1H3,(H3,16,17,25)/t11-/m0/s1. The van der Waals surface area contributed by atoms with E-state index < -0.39 is 6.03 Å². The first-order valence-electron chi connectivity index (χ1n) is 8.21. The molecule has 0 aliphatic carbocycles. The van der Waals surface area contributed by atoms with Crippen LogP contribution in [0.5, 0.6) is 0 Å². The molecule has 3 amide bonds. The second kappa shape index (κ2) is 7.32. The normalized spacial score (nSPS) is 17.5. The third-order valence-corrected chi connectivity index (χ3v) is 4.41. The molecule has 0 saturated carbocycles. The molecular formula is C15H22N8O2. The number of carbonyl (C=O) groups is 2. The fraction of sp³-hybridized carbons (Fsp3) is 0.533. The third-order valence-electron chi connectivity index (χ3n) is 4.41. The van der Waals surface area contributed by atoms with Crippen LogP contribution >= 0.6 is 0 Å². The highest BCUT2D eigenvalue weighted by molar-refractivity contribution is 5.83. The Bertz CT molecular complexity index is 739. The van der Waals surface area contributed by atoms with E-state index in [0.29, 0.717) is 19.6 Å². The molecule has 3 N–H and O–H groups in total. The first-order chi connectivity index (χ1) is 12.0. The highest BCUT2D eigenvalue weighted by Gasteiger charge is 2.28. The largest absolute Gasteiger partial charge is 0.352 e. The van der Waals surface area contributed by atoms with Crippen LogP contribution in [0.3, 0.4) is 0 Å². The average Bonchev–Trinajstić information content (AvgIpc) is 3.24. The van der Waals surface area contributed by atoms with Gasteiger partial charge in [0.2, 0.25) is 5.91 Å². The molecule has 3 heterocycles. The topological polar surface area (TPSA) is 124 Å². The first-order valence-corrected chi connectivity index (χ1v) is 8.21. The summed E-state index contributed by atoms with van der Waals surface area (Å²) in [5.41, 5.74) is 5.02. The number of aromatic nitrogens is 5. The number of likely N-dealkylation sites (tertiary alicyclic amines) is 1. The van der Waals surface area contributed by atoms with E-state index in [1.807, 2.05) is 23.9 Å². The minimum Gasteiger partial charge on any atom is -0.352 e. The van der Waals surface area contributed by atoms with Crippen LogP contribution in [0.2, 0.25) is 0 Å². The second-order valence-electron chi connectivity index (χ2n) is 6.13. The van der Waals surface area contributed by atoms with Gasteiger partial charge in [0.1, 0.15) is 12.4 Å². The highest BCUT2D eigenvalue weighted by atomic mass is 16.2. The van der Waals surface area contributed by atoms with Crippen molar-refractivity contribution in [3.05, 3.63) is 30.1 Å². The maximum atomic E-state index is 12.2. The molecule has 0 spiro atoms. The maximum Gasteiger partial charge on any atom is 0.312 e. The van der Waals surface area contributed by atoms with Gasteiger partial charge in [-0.15, -0.1) is 10.2 Å². The summed E-state index contributed by atoms with van der Waals surface area (Å²) in [4.78, 5) is 24.7. The number of nitrogens with one attached hydrogen (secondary N) is 1. The summed E-state index contributed by atoms with van der Waals surface area (Å²) >= 11 is 0. The van der Waals surface area contributed by atoms with E-state index in [0.717, 1.165) is 24.5 Å². The lowest BCUT2D eigenvalue weighted by atomic mass is 9.97. The maximum absolute atomic E-state index is 12.2. The predicted octanol–water partition coefficient (Wildman–Crippen LogP) is -0.566. The fourth-order valence-electron chi connectivity index (χ4n) is 3.10. The zero-order valence-corrected chi connectivity index (χ0v) is 14.1. The van der Waals surface area contributed by atoms with E-state index in [9.17, 15) is 9.59 Å². The van der Waals surface area contributed by atoms with Gasteiger partial charge in [0, 0.05) is 38.4 Å². The molecule has 1 saturated heterocycles. The minimum absolute atomic E-state index is 0.0780. The first kappa shape index (κ1) is 16.9. The number of nitrogens with two attached hydrogens (primary N) is 1. The number of piperidine rings is 1. The van der Waals surface area contributed by atoms with Crippen LogP contribution in [0.1, 0.15) is 30.4 Å². The van der Waals surface area contributed by atoms with E-state index in [1.54, 1.807) is 15.8 Å². The van der Waals surface area contributed by atoms with Crippen LogP contribution in [0.25, 0.3) is 0 Å². The molecule has 0 radical (unpaired) electrons. The van der Waals surface area contributed by atoms with Crippen molar-refractivity contribution in [2.45, 2.75) is 25.3 Å². The van der Waals surface area contributed by atoms with Gasteiger partial charge in [0.05, 0.1) is 6.54 Å². The van der Waals surface area contributed by atoms with E-state index in [2.05, 4.69) is 20.6 Å². The van der Waals surface area contributed by atoms with E-state index in [-0.39, 0.29) is 18.4 Å². The van der Waals surface area contributed by atoms with Gasteiger partial charge in [-0.2, -0.15) is 5.10 Å². The van der Waals surface area contributed by atoms with Crippen molar-refractivity contribution in [1.82, 2.24) is 34.8 Å². The number of rotatable bonds is 5. The number of amides is 3. The summed E-state index contributed by atoms with van der Waals surface area (Å²) in [7, 11) is 1.93. The zero-order valence-electron chi connectivity index (χ0n) is 14.1. The number of hydrogen-bond acceptors (Lipinski definition) is 5. The van der Waals surface area contributed by atoms with Crippen molar-refractivity contribution in [3.63, 3.8) is 0 Å². The van der Waals surface area contributed by atoms with Crippen molar-refractivity contribution in [1.29, 1.82) is 0 Å². The molecule has 1 aliphatic rings. The lowest BCUT2D eigenvalue weighted by Gasteiger charge is -2.32. The van der Waals surface area contributed by atoms with Gasteiger partial charge in [-0.25, -0.2) is 4.79 Å². The Morgan fingerprint density at radius 1 is 1.40 bits per heavy atom. The van der Waals surface area contributed by atoms with Gasteiger partial charge in [0.15, 0.2) is 5.82 Å². The molecule has 10 nitrogen and oxygen atoms in total. The van der Waals surface area contributed by atoms with Crippen molar-refractivity contribution < 1.29 is 9.59 Å². The van der Waals surface area contributed by atoms with Crippen LogP contribution in [0.15, 0.2) is 18.5 Å². The van der Waals surface area contributed by atoms with Crippen molar-refractivity contribution in [2.75, 3.05) is 19.6 Å². The predicted molar refractivity (Wildman–Crippen MR) is 88.5 cm³/mol. The molecule has 3 rings (SSSR count). The van der Waals surface area contributed by atoms with E-state index >= 15 is 0 Å². The Kier molecular flexibility index (Phi) is 4.96. The summed E-state index contributed by atoms with van der Waals surface area (Å²) in [6, 6.07) is 1.17. The Morgan fingerprint density at radius 3 is 2.96 bits per heavy atom. The summed E-state index contributed by atoms with van der Waals surface area (Å²) in [5, 5.41) is 15.1. The van der Waals surface area contributed by atoms with E-state index in [4.69, 9.17) is 5.73 Å². The van der Waals surface area contributed by atoms with Crippen LogP contribution in [0.4, 0.5) is 4.79 Å². The molecule has 25 heavy (non-hydrogen) atoms. The summed E-state index contributed by atoms with van der Waals surface area (Å²) in [6.45, 7) is 1.71. The number of carbonyl (C=O) groups excluding carboxylic acids is 2. The molecule has 1 fully saturated rings. The van der Waals surface area contributed by atoms with E-state index in [1.165, 1.54) is 0 Å². The summed E-state index contributed by atoms with van der Waals surface area (Å²) in [5.74, 6) is 1.66. The quantitative estimate of drug-likeness (QED) is 0.750. The van der Waals surface area contributed by atoms with Gasteiger partial charge in [-0.05, 0) is 18.9 Å². The molecule has 2 aromatic rings. The number of nitrogens with zero attached hydrogens (tertiary/aromatic N) is 6. The molecule has 10 heteroatoms. The lowest BCUT2D eigenvalue weighted by molar-refractivity contribution is -0.131. The monoisotopic (exact) mass is 346 g/mol. The molecule has 0 aromatic carbocycles. The number of hydrogen-bond donors (Lipinski definition) is 2. The summed E-state index contributed by atoms with van der Waals surface area (Å²) in [6.07, 6.45) is 5.43. The third kappa shape index (κ3) is 3.95. The van der Waals surface area contributed by atoms with Gasteiger partial charge in [-0.1, -0.05) is 0 Å². The smallest absolute Gasteiger partial charge is 0.312 e. The molecular weight excluding hydrogens is 324 g/mol. The number of urea groups is 1. The Hall–Kier alpha value is -2.91.